The van der Waals surface area contributed by atoms with Crippen LogP contribution < -0.4 is 5.32 Å². The zero-order chi connectivity index (χ0) is 23.3. The molecule has 2 unspecified atom stereocenters. The van der Waals surface area contributed by atoms with Gasteiger partial charge in [0.25, 0.3) is 0 Å². The summed E-state index contributed by atoms with van der Waals surface area (Å²) in [7, 11) is -3.42. The third kappa shape index (κ3) is 5.29. The van der Waals surface area contributed by atoms with E-state index >= 15 is 0 Å². The maximum absolute atomic E-state index is 14.1. The minimum Gasteiger partial charge on any atom is -0.480 e. The van der Waals surface area contributed by atoms with E-state index in [1.807, 2.05) is 53.8 Å². The number of rotatable bonds is 10. The summed E-state index contributed by atoms with van der Waals surface area (Å²) in [4.78, 5) is 23.6. The highest BCUT2D eigenvalue weighted by atomic mass is 31.1. The highest BCUT2D eigenvalue weighted by molar-refractivity contribution is 7.40. The van der Waals surface area contributed by atoms with Gasteiger partial charge in [-0.2, -0.15) is 8.78 Å². The number of hydrogen-bond acceptors (Lipinski definition) is 5. The van der Waals surface area contributed by atoms with E-state index in [0.717, 1.165) is 22.3 Å². The molecule has 0 bridgehead atoms. The molecule has 170 valence electrons. The van der Waals surface area contributed by atoms with Gasteiger partial charge in [-0.25, -0.2) is 9.59 Å². The summed E-state index contributed by atoms with van der Waals surface area (Å²) < 4.78 is 49.6. The molecule has 2 N–H and O–H groups in total. The minimum absolute atomic E-state index is 0.101. The molecule has 3 rings (SSSR count). The Bertz CT molecular complexity index is 970. The number of hydrogen-bond donors (Lipinski definition) is 2. The Morgan fingerprint density at radius 3 is 2.22 bits per heavy atom. The molecular weight excluding hydrogens is 443 g/mol. The van der Waals surface area contributed by atoms with Gasteiger partial charge in [0.15, 0.2) is 0 Å². The van der Waals surface area contributed by atoms with E-state index in [1.165, 1.54) is 0 Å². The third-order valence-corrected chi connectivity index (χ3v) is 6.20. The van der Waals surface area contributed by atoms with Gasteiger partial charge in [0.1, 0.15) is 19.3 Å². The SMILES string of the molecule is CCCO[P+](=O)C(F)(F)CC(NC(=O)OCC1c2ccccc2-c2ccccc21)C(=O)O. The van der Waals surface area contributed by atoms with Crippen molar-refractivity contribution < 1.29 is 37.3 Å². The predicted molar refractivity (Wildman–Crippen MR) is 113 cm³/mol. The number of carbonyl (C=O) groups excluding carboxylic acids is 1. The van der Waals surface area contributed by atoms with Crippen molar-refractivity contribution in [2.45, 2.75) is 37.4 Å². The summed E-state index contributed by atoms with van der Waals surface area (Å²) in [5, 5.41) is 11.2. The van der Waals surface area contributed by atoms with E-state index in [2.05, 4.69) is 4.52 Å². The third-order valence-electron chi connectivity index (χ3n) is 5.06. The van der Waals surface area contributed by atoms with Crippen molar-refractivity contribution in [3.8, 4) is 11.1 Å². The predicted octanol–water partition coefficient (Wildman–Crippen LogP) is 5.13. The van der Waals surface area contributed by atoms with Crippen molar-refractivity contribution in [2.24, 2.45) is 0 Å². The van der Waals surface area contributed by atoms with Crippen LogP contribution in [0.1, 0.15) is 36.8 Å². The average Bonchev–Trinajstić information content (AvgIpc) is 3.09. The Morgan fingerprint density at radius 2 is 1.69 bits per heavy atom. The number of aliphatic carboxylic acids is 1. The quantitative estimate of drug-likeness (QED) is 0.471. The Balaban J connectivity index is 1.64. The van der Waals surface area contributed by atoms with Crippen LogP contribution in [0.5, 0.6) is 0 Å². The first-order chi connectivity index (χ1) is 15.2. The number of carboxylic acid groups (broad SMARTS) is 1. The summed E-state index contributed by atoms with van der Waals surface area (Å²) in [6, 6.07) is 13.3. The second-order valence-corrected chi connectivity index (χ2v) is 8.75. The van der Waals surface area contributed by atoms with Crippen LogP contribution in [-0.2, 0) is 18.6 Å². The molecule has 1 amide bonds. The first-order valence-electron chi connectivity index (χ1n) is 10.1. The molecule has 1 aliphatic rings. The van der Waals surface area contributed by atoms with E-state index < -0.39 is 38.2 Å². The summed E-state index contributed by atoms with van der Waals surface area (Å²) in [5.41, 5.74) is -0.00247. The van der Waals surface area contributed by atoms with Crippen LogP contribution in [0.2, 0.25) is 0 Å². The summed E-state index contributed by atoms with van der Waals surface area (Å²) >= 11 is 0. The largest absolute Gasteiger partial charge is 0.586 e. The number of carboxylic acids is 1. The molecule has 2 aromatic rings. The monoisotopic (exact) mass is 466 g/mol. The minimum atomic E-state index is -3.93. The fourth-order valence-electron chi connectivity index (χ4n) is 3.57. The first kappa shape index (κ1) is 23.8. The number of nitrogens with one attached hydrogen (secondary N) is 1. The number of fused-ring (bicyclic) bond motifs is 3. The number of halogens is 2. The fraction of sp³-hybridized carbons (Fsp3) is 0.364. The van der Waals surface area contributed by atoms with Crippen molar-refractivity contribution in [3.63, 3.8) is 0 Å². The van der Waals surface area contributed by atoms with Crippen LogP contribution in [0, 0.1) is 0 Å². The molecule has 0 aliphatic heterocycles. The molecule has 2 atom stereocenters. The lowest BCUT2D eigenvalue weighted by molar-refractivity contribution is -0.141. The van der Waals surface area contributed by atoms with Gasteiger partial charge in [-0.1, -0.05) is 55.5 Å². The highest BCUT2D eigenvalue weighted by Gasteiger charge is 2.56. The topological polar surface area (TPSA) is 102 Å². The van der Waals surface area contributed by atoms with Crippen molar-refractivity contribution in [1.82, 2.24) is 5.32 Å². The molecule has 0 aromatic heterocycles. The second kappa shape index (κ2) is 10.1. The van der Waals surface area contributed by atoms with Gasteiger partial charge in [0.05, 0.1) is 6.42 Å². The molecule has 7 nitrogen and oxygen atoms in total. The lowest BCUT2D eigenvalue weighted by Gasteiger charge is -2.17. The molecular formula is C22H23F2NO6P+. The normalized spacial score (nSPS) is 14.3. The van der Waals surface area contributed by atoms with E-state index in [0.29, 0.717) is 6.42 Å². The zero-order valence-corrected chi connectivity index (χ0v) is 18.2. The molecule has 2 aromatic carbocycles. The number of benzene rings is 2. The lowest BCUT2D eigenvalue weighted by atomic mass is 9.98. The van der Waals surface area contributed by atoms with Gasteiger partial charge in [-0.05, 0) is 33.2 Å². The van der Waals surface area contributed by atoms with E-state index in [9.17, 15) is 28.0 Å². The molecule has 0 fully saturated rings. The van der Waals surface area contributed by atoms with Gasteiger partial charge in [-0.15, -0.1) is 4.52 Å². The standard InChI is InChI=1S/C22H22F2NO6P/c1-2-11-31-32(29)22(23,24)12-19(20(26)27)25-21(28)30-13-18-16-9-5-3-7-14(16)15-8-4-6-10-17(15)18/h3-10,18-19H,2,11-13H2,1H3,(H-,25,26,27,28)/p+1. The van der Waals surface area contributed by atoms with Crippen LogP contribution in [-0.4, -0.2) is 42.1 Å². The average molecular weight is 466 g/mol. The molecule has 0 saturated carbocycles. The van der Waals surface area contributed by atoms with Crippen LogP contribution >= 0.6 is 8.03 Å². The van der Waals surface area contributed by atoms with Gasteiger partial charge >= 0.3 is 25.8 Å². The number of alkyl carbamates (subject to hydrolysis) is 1. The van der Waals surface area contributed by atoms with Gasteiger partial charge in [0.2, 0.25) is 0 Å². The van der Waals surface area contributed by atoms with E-state index in [4.69, 9.17) is 4.74 Å². The highest BCUT2D eigenvalue weighted by Crippen LogP contribution is 2.46. The molecule has 10 heteroatoms. The van der Waals surface area contributed by atoms with Crippen LogP contribution in [0.4, 0.5) is 13.6 Å². The molecule has 0 heterocycles. The molecule has 0 radical (unpaired) electrons. The second-order valence-electron chi connectivity index (χ2n) is 7.32. The molecule has 32 heavy (non-hydrogen) atoms. The molecule has 1 aliphatic carbocycles. The van der Waals surface area contributed by atoms with Crippen LogP contribution in [0.25, 0.3) is 11.1 Å². The Kier molecular flexibility index (Phi) is 7.53. The fourth-order valence-corrected chi connectivity index (χ4v) is 4.44. The molecule has 0 saturated heterocycles. The molecule has 0 spiro atoms. The van der Waals surface area contributed by atoms with Crippen molar-refractivity contribution >= 4 is 20.1 Å². The van der Waals surface area contributed by atoms with E-state index in [1.54, 1.807) is 6.92 Å². The van der Waals surface area contributed by atoms with E-state index in [-0.39, 0.29) is 19.1 Å². The van der Waals surface area contributed by atoms with Crippen molar-refractivity contribution in [2.75, 3.05) is 13.2 Å². The van der Waals surface area contributed by atoms with Crippen molar-refractivity contribution in [1.29, 1.82) is 0 Å². The summed E-state index contributed by atoms with van der Waals surface area (Å²) in [6.07, 6.45) is -2.16. The number of amides is 1. The lowest BCUT2D eigenvalue weighted by Crippen LogP contribution is -2.44. The number of carbonyl (C=O) groups is 2. The number of ether oxygens (including phenoxy) is 1. The van der Waals surface area contributed by atoms with Crippen LogP contribution in [0.3, 0.4) is 0 Å². The number of alkyl halides is 2. The zero-order valence-electron chi connectivity index (χ0n) is 17.3. The van der Waals surface area contributed by atoms with Gasteiger partial charge in [-0.3, -0.25) is 0 Å². The van der Waals surface area contributed by atoms with Crippen LogP contribution in [0.15, 0.2) is 48.5 Å². The van der Waals surface area contributed by atoms with Gasteiger partial charge in [0, 0.05) is 5.92 Å². The summed E-state index contributed by atoms with van der Waals surface area (Å²) in [6.45, 7) is 1.40. The Hall–Kier alpha value is -2.90. The van der Waals surface area contributed by atoms with Gasteiger partial charge < -0.3 is 15.2 Å². The Morgan fingerprint density at radius 1 is 1.12 bits per heavy atom. The maximum atomic E-state index is 14.1. The first-order valence-corrected chi connectivity index (χ1v) is 11.2. The maximum Gasteiger partial charge on any atom is 0.586 e. The van der Waals surface area contributed by atoms with Crippen molar-refractivity contribution in [3.05, 3.63) is 59.7 Å². The Labute approximate surface area is 184 Å². The smallest absolute Gasteiger partial charge is 0.480 e. The summed E-state index contributed by atoms with van der Waals surface area (Å²) in [5.74, 6) is -1.97.